The Morgan fingerprint density at radius 2 is 1.81 bits per heavy atom. The maximum absolute atomic E-state index is 13.2. The van der Waals surface area contributed by atoms with Crippen molar-refractivity contribution in [1.82, 2.24) is 4.98 Å². The molecule has 1 aromatic heterocycles. The average Bonchev–Trinajstić information content (AvgIpc) is 2.74. The van der Waals surface area contributed by atoms with Crippen LogP contribution in [0.5, 0.6) is 0 Å². The first-order valence-corrected chi connectivity index (χ1v) is 11.0. The molecule has 0 saturated heterocycles. The van der Waals surface area contributed by atoms with Crippen molar-refractivity contribution < 1.29 is 26.4 Å². The van der Waals surface area contributed by atoms with E-state index in [4.69, 9.17) is 11.6 Å². The smallest absolute Gasteiger partial charge is 0.324 e. The third-order valence-corrected chi connectivity index (χ3v) is 6.47. The minimum atomic E-state index is -4.71. The summed E-state index contributed by atoms with van der Waals surface area (Å²) in [7, 11) is -4.18. The number of hydrogen-bond acceptors (Lipinski definition) is 4. The number of rotatable bonds is 6. The summed E-state index contributed by atoms with van der Waals surface area (Å²) >= 11 is 5.60. The molecule has 0 saturated carbocycles. The topological polar surface area (TPSA) is 79.4 Å². The van der Waals surface area contributed by atoms with Gasteiger partial charge in [0, 0.05) is 18.1 Å². The molecule has 6 nitrogen and oxygen atoms in total. The van der Waals surface area contributed by atoms with Crippen molar-refractivity contribution in [2.75, 3.05) is 16.2 Å². The van der Waals surface area contributed by atoms with Gasteiger partial charge < -0.3 is 5.32 Å². The summed E-state index contributed by atoms with van der Waals surface area (Å²) < 4.78 is 66.5. The Hall–Kier alpha value is -3.11. The van der Waals surface area contributed by atoms with Crippen molar-refractivity contribution in [2.24, 2.45) is 0 Å². The Bertz CT molecular complexity index is 1220. The highest BCUT2D eigenvalue weighted by molar-refractivity contribution is 7.92. The van der Waals surface area contributed by atoms with Crippen LogP contribution < -0.4 is 9.62 Å². The fourth-order valence-corrected chi connectivity index (χ4v) is 4.41. The molecule has 0 atom stereocenters. The molecule has 0 aliphatic rings. The first-order valence-electron chi connectivity index (χ1n) is 9.14. The van der Waals surface area contributed by atoms with Crippen LogP contribution in [0.2, 0.25) is 5.02 Å². The Morgan fingerprint density at radius 3 is 2.41 bits per heavy atom. The van der Waals surface area contributed by atoms with E-state index >= 15 is 0 Å². The Balaban J connectivity index is 1.92. The van der Waals surface area contributed by atoms with Crippen LogP contribution in [0.4, 0.5) is 24.5 Å². The fraction of sp³-hybridized carbons (Fsp3) is 0.143. The number of halogens is 4. The number of anilines is 2. The zero-order valence-corrected chi connectivity index (χ0v) is 18.2. The van der Waals surface area contributed by atoms with Gasteiger partial charge in [-0.3, -0.25) is 14.1 Å². The number of carbonyl (C=O) groups excluding carboxylic acids is 1. The summed E-state index contributed by atoms with van der Waals surface area (Å²) in [5.74, 6) is -0.839. The summed E-state index contributed by atoms with van der Waals surface area (Å²) in [6, 6.07) is 12.1. The molecule has 1 heterocycles. The zero-order chi connectivity index (χ0) is 23.5. The molecule has 11 heteroatoms. The van der Waals surface area contributed by atoms with E-state index in [1.807, 2.05) is 6.92 Å². The van der Waals surface area contributed by atoms with Gasteiger partial charge in [0.25, 0.3) is 10.0 Å². The quantitative estimate of drug-likeness (QED) is 0.541. The molecule has 0 radical (unpaired) electrons. The molecule has 0 aliphatic carbocycles. The number of aromatic nitrogens is 1. The van der Waals surface area contributed by atoms with Gasteiger partial charge in [0.2, 0.25) is 5.91 Å². The minimum absolute atomic E-state index is 0.140. The SMILES string of the molecule is Cc1ccc(N(CC(=O)Nc2ccc(Cl)c(C(F)(F)F)c2)S(=O)(=O)c2cccnc2)cc1. The lowest BCUT2D eigenvalue weighted by Crippen LogP contribution is -2.38. The van der Waals surface area contributed by atoms with Crippen LogP contribution in [0.1, 0.15) is 11.1 Å². The second-order valence-corrected chi connectivity index (χ2v) is 9.05. The molecule has 32 heavy (non-hydrogen) atoms. The van der Waals surface area contributed by atoms with Crippen LogP contribution in [-0.2, 0) is 21.0 Å². The third-order valence-electron chi connectivity index (χ3n) is 4.39. The van der Waals surface area contributed by atoms with E-state index in [9.17, 15) is 26.4 Å². The van der Waals surface area contributed by atoms with Crippen molar-refractivity contribution >= 4 is 38.9 Å². The first-order chi connectivity index (χ1) is 15.0. The fourth-order valence-electron chi connectivity index (χ4n) is 2.80. The molecule has 0 bridgehead atoms. The Labute approximate surface area is 187 Å². The van der Waals surface area contributed by atoms with Crippen LogP contribution in [0, 0.1) is 6.92 Å². The van der Waals surface area contributed by atoms with E-state index in [0.717, 1.165) is 22.1 Å². The number of nitrogens with one attached hydrogen (secondary N) is 1. The number of hydrogen-bond donors (Lipinski definition) is 1. The summed E-state index contributed by atoms with van der Waals surface area (Å²) in [5.41, 5.74) is -0.204. The van der Waals surface area contributed by atoms with Crippen LogP contribution in [0.25, 0.3) is 0 Å². The van der Waals surface area contributed by atoms with Crippen LogP contribution >= 0.6 is 11.6 Å². The highest BCUT2D eigenvalue weighted by atomic mass is 35.5. The largest absolute Gasteiger partial charge is 0.417 e. The van der Waals surface area contributed by atoms with E-state index in [-0.39, 0.29) is 16.3 Å². The van der Waals surface area contributed by atoms with E-state index in [0.29, 0.717) is 6.07 Å². The van der Waals surface area contributed by atoms with Crippen molar-refractivity contribution in [2.45, 2.75) is 18.0 Å². The highest BCUT2D eigenvalue weighted by Gasteiger charge is 2.33. The van der Waals surface area contributed by atoms with Gasteiger partial charge in [0.05, 0.1) is 16.3 Å². The number of aryl methyl sites for hydroxylation is 1. The van der Waals surface area contributed by atoms with Gasteiger partial charge in [-0.25, -0.2) is 8.42 Å². The predicted octanol–water partition coefficient (Wildman–Crippen LogP) is 4.90. The summed E-state index contributed by atoms with van der Waals surface area (Å²) in [6.07, 6.45) is -2.17. The number of nitrogens with zero attached hydrogens (tertiary/aromatic N) is 2. The number of pyridine rings is 1. The molecule has 2 aromatic carbocycles. The van der Waals surface area contributed by atoms with Crippen molar-refractivity contribution in [3.63, 3.8) is 0 Å². The number of benzene rings is 2. The predicted molar refractivity (Wildman–Crippen MR) is 115 cm³/mol. The van der Waals surface area contributed by atoms with Gasteiger partial charge in [0.1, 0.15) is 11.4 Å². The molecule has 1 amide bonds. The second-order valence-electron chi connectivity index (χ2n) is 6.78. The van der Waals surface area contributed by atoms with Gasteiger partial charge >= 0.3 is 6.18 Å². The van der Waals surface area contributed by atoms with Crippen molar-refractivity contribution in [3.8, 4) is 0 Å². The van der Waals surface area contributed by atoms with Gasteiger partial charge in [-0.2, -0.15) is 13.2 Å². The first kappa shape index (κ1) is 23.6. The Kier molecular flexibility index (Phi) is 6.75. The standard InChI is InChI=1S/C21H17ClF3N3O3S/c1-14-4-7-16(8-5-14)28(32(30,31)17-3-2-10-26-12-17)13-20(29)27-15-6-9-19(22)18(11-15)21(23,24)25/h2-12H,13H2,1H3,(H,27,29). The lowest BCUT2D eigenvalue weighted by molar-refractivity contribution is -0.137. The third kappa shape index (κ3) is 5.38. The van der Waals surface area contributed by atoms with E-state index < -0.39 is 39.2 Å². The maximum atomic E-state index is 13.2. The number of sulfonamides is 1. The van der Waals surface area contributed by atoms with E-state index in [2.05, 4.69) is 10.3 Å². The molecule has 0 aliphatic heterocycles. The number of alkyl halides is 3. The summed E-state index contributed by atoms with van der Waals surface area (Å²) in [6.45, 7) is 1.14. The minimum Gasteiger partial charge on any atom is -0.324 e. The van der Waals surface area contributed by atoms with Crippen LogP contribution in [-0.4, -0.2) is 25.9 Å². The monoisotopic (exact) mass is 483 g/mol. The summed E-state index contributed by atoms with van der Waals surface area (Å²) in [5, 5.41) is 1.78. The maximum Gasteiger partial charge on any atom is 0.417 e. The Morgan fingerprint density at radius 1 is 1.12 bits per heavy atom. The normalized spacial score (nSPS) is 11.8. The molecule has 0 unspecified atom stereocenters. The number of carbonyl (C=O) groups is 1. The molecular weight excluding hydrogens is 467 g/mol. The molecule has 0 fully saturated rings. The van der Waals surface area contributed by atoms with Crippen molar-refractivity contribution in [3.05, 3.63) is 83.1 Å². The van der Waals surface area contributed by atoms with Crippen molar-refractivity contribution in [1.29, 1.82) is 0 Å². The van der Waals surface area contributed by atoms with E-state index in [1.165, 1.54) is 36.5 Å². The molecule has 3 aromatic rings. The lowest BCUT2D eigenvalue weighted by Gasteiger charge is -2.24. The molecule has 0 spiro atoms. The van der Waals surface area contributed by atoms with Gasteiger partial charge in [-0.15, -0.1) is 0 Å². The lowest BCUT2D eigenvalue weighted by atomic mass is 10.2. The summed E-state index contributed by atoms with van der Waals surface area (Å²) in [4.78, 5) is 16.3. The molecule has 1 N–H and O–H groups in total. The van der Waals surface area contributed by atoms with E-state index in [1.54, 1.807) is 12.1 Å². The highest BCUT2D eigenvalue weighted by Crippen LogP contribution is 2.36. The van der Waals surface area contributed by atoms with Gasteiger partial charge in [-0.1, -0.05) is 29.3 Å². The van der Waals surface area contributed by atoms with Gasteiger partial charge in [0.15, 0.2) is 0 Å². The van der Waals surface area contributed by atoms with Gasteiger partial charge in [-0.05, 0) is 49.4 Å². The zero-order valence-electron chi connectivity index (χ0n) is 16.6. The second kappa shape index (κ2) is 9.17. The van der Waals surface area contributed by atoms with Crippen LogP contribution in [0.15, 0.2) is 71.9 Å². The molecular formula is C21H17ClF3N3O3S. The molecule has 168 valence electrons. The number of amides is 1. The molecule has 3 rings (SSSR count). The van der Waals surface area contributed by atoms with Crippen LogP contribution in [0.3, 0.4) is 0 Å². The average molecular weight is 484 g/mol.